The van der Waals surface area contributed by atoms with Crippen molar-refractivity contribution in [3.05, 3.63) is 0 Å². The van der Waals surface area contributed by atoms with Crippen molar-refractivity contribution in [2.45, 2.75) is 71.2 Å². The van der Waals surface area contributed by atoms with Gasteiger partial charge in [0.05, 0.1) is 18.1 Å². The molecular weight excluding hydrogens is 604 g/mol. The molecule has 2 unspecified atom stereocenters. The van der Waals surface area contributed by atoms with E-state index in [0.717, 1.165) is 0 Å². The minimum absolute atomic E-state index is 1.00. The van der Waals surface area contributed by atoms with Crippen LogP contribution in [0.4, 0.5) is 79.0 Å². The normalized spacial score (nSPS) is 16.9. The van der Waals surface area contributed by atoms with E-state index in [4.69, 9.17) is 5.11 Å². The molecule has 0 aromatic heterocycles. The van der Waals surface area contributed by atoms with Crippen molar-refractivity contribution in [3.8, 4) is 0 Å². The molecule has 0 radical (unpaired) electrons. The van der Waals surface area contributed by atoms with Gasteiger partial charge in [0.2, 0.25) is 5.91 Å². The van der Waals surface area contributed by atoms with E-state index in [2.05, 4.69) is 5.73 Å². The Kier molecular flexibility index (Phi) is 9.44. The third-order valence-electron chi connectivity index (χ3n) is 4.19. The molecule has 0 heterocycles. The highest BCUT2D eigenvalue weighted by molar-refractivity contribution is 8.01. The number of carboxylic acid groups (broad SMARTS) is 1. The fraction of sp³-hybridized carbons (Fsp3) is 0.857. The number of carboxylic acids is 1. The fourth-order valence-electron chi connectivity index (χ4n) is 2.13. The van der Waals surface area contributed by atoms with Crippen LogP contribution in [-0.4, -0.2) is 75.4 Å². The number of carbonyl (C=O) groups is 2. The molecule has 23 heteroatoms. The average Bonchev–Trinajstić information content (AvgIpc) is 2.64. The third-order valence-corrected chi connectivity index (χ3v) is 5.38. The molecule has 0 aromatic carbocycles. The van der Waals surface area contributed by atoms with Gasteiger partial charge in [-0.2, -0.15) is 74.6 Å². The summed E-state index contributed by atoms with van der Waals surface area (Å²) in [6.45, 7) is 0. The Morgan fingerprint density at radius 3 is 1.27 bits per heavy atom. The van der Waals surface area contributed by atoms with Gasteiger partial charge < -0.3 is 10.8 Å². The number of primary amides is 1. The van der Waals surface area contributed by atoms with Crippen LogP contribution in [0.5, 0.6) is 0 Å². The zero-order valence-electron chi connectivity index (χ0n) is 16.6. The van der Waals surface area contributed by atoms with E-state index in [1.54, 1.807) is 0 Å². The van der Waals surface area contributed by atoms with Gasteiger partial charge in [0.1, 0.15) is 0 Å². The van der Waals surface area contributed by atoms with Gasteiger partial charge in [0.15, 0.2) is 5.50 Å². The summed E-state index contributed by atoms with van der Waals surface area (Å²) in [6, 6.07) is 0. The van der Waals surface area contributed by atoms with Crippen molar-refractivity contribution in [2.24, 2.45) is 5.73 Å². The second-order valence-electron chi connectivity index (χ2n) is 6.89. The molecule has 1 amide bonds. The van der Waals surface area contributed by atoms with Gasteiger partial charge >= 0.3 is 53.6 Å². The van der Waals surface area contributed by atoms with Gasteiger partial charge in [-0.05, 0) is 0 Å². The van der Waals surface area contributed by atoms with Gasteiger partial charge in [-0.3, -0.25) is 9.59 Å². The highest BCUT2D eigenvalue weighted by atomic mass is 32.2. The summed E-state index contributed by atoms with van der Waals surface area (Å²) in [5.41, 5.74) is 0.702. The Morgan fingerprint density at radius 2 is 0.973 bits per heavy atom. The van der Waals surface area contributed by atoms with E-state index < -0.39 is 94.9 Å². The van der Waals surface area contributed by atoms with E-state index in [1.165, 1.54) is 0 Å². The first-order valence-electron chi connectivity index (χ1n) is 8.39. The maximum atomic E-state index is 13.7. The number of alkyl halides is 18. The molecule has 0 saturated heterocycles. The summed E-state index contributed by atoms with van der Waals surface area (Å²) in [6.07, 6.45) is -12.9. The lowest BCUT2D eigenvalue weighted by atomic mass is 9.88. The van der Waals surface area contributed by atoms with Crippen LogP contribution in [0, 0.1) is 0 Å². The molecular formula is C14H9F18NO3S. The number of aliphatic carboxylic acids is 1. The predicted octanol–water partition coefficient (Wildman–Crippen LogP) is 5.74. The summed E-state index contributed by atoms with van der Waals surface area (Å²) in [7, 11) is 0. The quantitative estimate of drug-likeness (QED) is 0.260. The Hall–Kier alpha value is -1.97. The first-order chi connectivity index (χ1) is 15.9. The molecule has 37 heavy (non-hydrogen) atoms. The van der Waals surface area contributed by atoms with E-state index in [9.17, 15) is 88.6 Å². The first-order valence-corrected chi connectivity index (χ1v) is 9.33. The minimum Gasteiger partial charge on any atom is -0.481 e. The number of halogens is 18. The Bertz CT molecular complexity index is 857. The number of nitrogens with two attached hydrogens (primary N) is 1. The second kappa shape index (κ2) is 9.97. The number of rotatable bonds is 13. The van der Waals surface area contributed by atoms with Crippen LogP contribution in [-0.2, 0) is 9.59 Å². The molecule has 0 spiro atoms. The molecule has 3 N–H and O–H groups in total. The molecule has 0 aromatic rings. The Labute approximate surface area is 195 Å². The van der Waals surface area contributed by atoms with Crippen LogP contribution >= 0.6 is 11.8 Å². The minimum atomic E-state index is -8.82. The van der Waals surface area contributed by atoms with E-state index in [-0.39, 0.29) is 0 Å². The zero-order chi connectivity index (χ0) is 30.4. The Balaban J connectivity index is 6.44. The van der Waals surface area contributed by atoms with Crippen LogP contribution in [0.1, 0.15) is 12.8 Å². The van der Waals surface area contributed by atoms with Crippen molar-refractivity contribution >= 4 is 23.6 Å². The Morgan fingerprint density at radius 1 is 0.649 bits per heavy atom. The highest BCUT2D eigenvalue weighted by Crippen LogP contribution is 2.64. The standard InChI is InChI=1S/C14H9F18NO3S/c15-4(37-3(6(33)36)1-5(34)35)2-7(16,17)8(18,19)9(20,21)10(22,23)11(24,25)12(26,27)13(28,29)14(30,31)32/h3-4H,1-2H2,(H2,33,36)(H,34,35). The van der Waals surface area contributed by atoms with E-state index >= 15 is 0 Å². The van der Waals surface area contributed by atoms with Gasteiger partial charge in [0.25, 0.3) is 0 Å². The number of hydrogen-bond donors (Lipinski definition) is 2. The van der Waals surface area contributed by atoms with Crippen LogP contribution in [0.15, 0.2) is 0 Å². The maximum absolute atomic E-state index is 13.7. The smallest absolute Gasteiger partial charge is 0.460 e. The lowest BCUT2D eigenvalue weighted by Crippen LogP contribution is -2.74. The van der Waals surface area contributed by atoms with Gasteiger partial charge in [0, 0.05) is 0 Å². The highest BCUT2D eigenvalue weighted by Gasteiger charge is 2.95. The largest absolute Gasteiger partial charge is 0.481 e. The molecule has 0 saturated carbocycles. The molecule has 0 bridgehead atoms. The monoisotopic (exact) mass is 613 g/mol. The van der Waals surface area contributed by atoms with Crippen molar-refractivity contribution in [1.29, 1.82) is 0 Å². The molecule has 0 fully saturated rings. The fourth-order valence-corrected chi connectivity index (χ4v) is 3.16. The molecule has 0 rings (SSSR count). The molecule has 0 aliphatic rings. The topological polar surface area (TPSA) is 80.4 Å². The number of hydrogen-bond acceptors (Lipinski definition) is 3. The van der Waals surface area contributed by atoms with Gasteiger partial charge in [-0.25, -0.2) is 4.39 Å². The predicted molar refractivity (Wildman–Crippen MR) is 83.0 cm³/mol. The molecule has 2 atom stereocenters. The van der Waals surface area contributed by atoms with Gasteiger partial charge in [-0.15, -0.1) is 11.8 Å². The molecule has 0 aliphatic carbocycles. The van der Waals surface area contributed by atoms with Crippen molar-refractivity contribution in [1.82, 2.24) is 0 Å². The summed E-state index contributed by atoms with van der Waals surface area (Å²) >= 11 is -1.00. The second-order valence-corrected chi connectivity index (χ2v) is 8.24. The summed E-state index contributed by atoms with van der Waals surface area (Å²) in [5.74, 6) is -62.1. The lowest BCUT2D eigenvalue weighted by molar-refractivity contribution is -0.461. The summed E-state index contributed by atoms with van der Waals surface area (Å²) in [5, 5.41) is 5.99. The number of carbonyl (C=O) groups excluding carboxylic acids is 1. The first kappa shape index (κ1) is 35.0. The SMILES string of the molecule is NC(=O)C(CC(=O)O)SC(F)CC(F)(F)C(F)(F)C(F)(F)C(F)(F)C(F)(F)C(F)(F)C(F)(F)C(F)(F)F. The van der Waals surface area contributed by atoms with Crippen molar-refractivity contribution in [3.63, 3.8) is 0 Å². The van der Waals surface area contributed by atoms with Crippen LogP contribution in [0.3, 0.4) is 0 Å². The maximum Gasteiger partial charge on any atom is 0.460 e. The van der Waals surface area contributed by atoms with Crippen molar-refractivity contribution < 1.29 is 93.7 Å². The molecule has 4 nitrogen and oxygen atoms in total. The molecule has 0 aliphatic heterocycles. The third kappa shape index (κ3) is 5.73. The van der Waals surface area contributed by atoms with Crippen LogP contribution < -0.4 is 5.73 Å². The van der Waals surface area contributed by atoms with Crippen molar-refractivity contribution in [2.75, 3.05) is 0 Å². The zero-order valence-corrected chi connectivity index (χ0v) is 17.4. The van der Waals surface area contributed by atoms with Gasteiger partial charge in [-0.1, -0.05) is 0 Å². The number of amides is 1. The average molecular weight is 613 g/mol. The summed E-state index contributed by atoms with van der Waals surface area (Å²) < 4.78 is 237. The number of thioether (sulfide) groups is 1. The van der Waals surface area contributed by atoms with Crippen LogP contribution in [0.2, 0.25) is 0 Å². The van der Waals surface area contributed by atoms with Crippen LogP contribution in [0.25, 0.3) is 0 Å². The van der Waals surface area contributed by atoms with E-state index in [0.29, 0.717) is 0 Å². The molecule has 220 valence electrons. The summed E-state index contributed by atoms with van der Waals surface area (Å²) in [4.78, 5) is 21.3. The van der Waals surface area contributed by atoms with E-state index in [1.807, 2.05) is 0 Å². The lowest BCUT2D eigenvalue weighted by Gasteiger charge is -2.43.